The molecule has 3 N–H and O–H groups in total. The predicted molar refractivity (Wildman–Crippen MR) is 143 cm³/mol. The fourth-order valence-corrected chi connectivity index (χ4v) is 4.25. The molecule has 0 aliphatic carbocycles. The summed E-state index contributed by atoms with van der Waals surface area (Å²) in [5.41, 5.74) is 3.64. The van der Waals surface area contributed by atoms with E-state index in [-0.39, 0.29) is 19.2 Å². The van der Waals surface area contributed by atoms with E-state index in [0.717, 1.165) is 43.1 Å². The number of fused-ring (bicyclic) bond motifs is 1. The standard InChI is InChI=1S/C24H28N8O3.C2H6/c33-13-9-27-24(34)28-18-4-2-17(3-5-18)21-29-20-16-32(23-25-7-1-8-26-23)10-6-19(20)22(30-21)31-11-14-35-15-12-31;1-2/h1-5,7-8,33H,6,9-16H2,(H2,27,28,34);1-2H3. The molecule has 1 fully saturated rings. The molecule has 0 bridgehead atoms. The molecule has 2 amide bonds. The Hall–Kier alpha value is -3.83. The Morgan fingerprint density at radius 2 is 1.76 bits per heavy atom. The topological polar surface area (TPSA) is 129 Å². The molecule has 5 rings (SSSR count). The third kappa shape index (κ3) is 6.49. The maximum absolute atomic E-state index is 11.9. The zero-order valence-electron chi connectivity index (χ0n) is 21.4. The van der Waals surface area contributed by atoms with Crippen LogP contribution >= 0.6 is 0 Å². The van der Waals surface area contributed by atoms with E-state index >= 15 is 0 Å². The van der Waals surface area contributed by atoms with Crippen LogP contribution in [0.15, 0.2) is 42.7 Å². The van der Waals surface area contributed by atoms with Crippen molar-refractivity contribution in [3.8, 4) is 11.4 Å². The lowest BCUT2D eigenvalue weighted by molar-refractivity contribution is 0.122. The number of nitrogens with zero attached hydrogens (tertiary/aromatic N) is 6. The van der Waals surface area contributed by atoms with Crippen molar-refractivity contribution in [3.05, 3.63) is 54.0 Å². The number of anilines is 3. The van der Waals surface area contributed by atoms with E-state index in [2.05, 4.69) is 30.4 Å². The Labute approximate surface area is 216 Å². The number of hydrogen-bond acceptors (Lipinski definition) is 9. The molecule has 2 aromatic heterocycles. The van der Waals surface area contributed by atoms with Gasteiger partial charge in [-0.25, -0.2) is 24.7 Å². The monoisotopic (exact) mass is 506 g/mol. The van der Waals surface area contributed by atoms with Crippen LogP contribution in [0.3, 0.4) is 0 Å². The lowest BCUT2D eigenvalue weighted by atomic mass is 10.0. The van der Waals surface area contributed by atoms with E-state index in [4.69, 9.17) is 19.8 Å². The molecule has 11 heteroatoms. The predicted octanol–water partition coefficient (Wildman–Crippen LogP) is 2.47. The van der Waals surface area contributed by atoms with Gasteiger partial charge in [0.1, 0.15) is 5.82 Å². The molecule has 0 spiro atoms. The molecule has 3 aromatic rings. The zero-order chi connectivity index (χ0) is 26.0. The summed E-state index contributed by atoms with van der Waals surface area (Å²) in [6.45, 7) is 8.43. The minimum absolute atomic E-state index is 0.110. The van der Waals surface area contributed by atoms with E-state index in [9.17, 15) is 4.79 Å². The highest BCUT2D eigenvalue weighted by Gasteiger charge is 2.27. The van der Waals surface area contributed by atoms with Crippen molar-refractivity contribution >= 4 is 23.5 Å². The van der Waals surface area contributed by atoms with Gasteiger partial charge in [0, 0.05) is 55.4 Å². The number of urea groups is 1. The number of benzene rings is 1. The number of nitrogens with one attached hydrogen (secondary N) is 2. The summed E-state index contributed by atoms with van der Waals surface area (Å²) in [7, 11) is 0. The summed E-state index contributed by atoms with van der Waals surface area (Å²) in [6.07, 6.45) is 4.32. The average molecular weight is 507 g/mol. The maximum Gasteiger partial charge on any atom is 0.319 e. The molecule has 0 unspecified atom stereocenters. The molecule has 1 aromatic carbocycles. The van der Waals surface area contributed by atoms with Crippen molar-refractivity contribution < 1.29 is 14.6 Å². The number of carbonyl (C=O) groups excluding carboxylic acids is 1. The van der Waals surface area contributed by atoms with Gasteiger partial charge in [-0.1, -0.05) is 13.8 Å². The van der Waals surface area contributed by atoms with E-state index in [0.29, 0.717) is 37.2 Å². The quantitative estimate of drug-likeness (QED) is 0.462. The number of morpholine rings is 1. The van der Waals surface area contributed by atoms with Crippen LogP contribution in [0.25, 0.3) is 11.4 Å². The zero-order valence-corrected chi connectivity index (χ0v) is 21.4. The second-order valence-electron chi connectivity index (χ2n) is 8.30. The normalized spacial score (nSPS) is 14.8. The van der Waals surface area contributed by atoms with Gasteiger partial charge in [0.15, 0.2) is 5.82 Å². The van der Waals surface area contributed by atoms with Crippen molar-refractivity contribution in [1.29, 1.82) is 0 Å². The maximum atomic E-state index is 11.9. The van der Waals surface area contributed by atoms with Gasteiger partial charge in [-0.15, -0.1) is 0 Å². The van der Waals surface area contributed by atoms with Crippen LogP contribution in [0.5, 0.6) is 0 Å². The summed E-state index contributed by atoms with van der Waals surface area (Å²) in [6, 6.07) is 8.87. The fourth-order valence-electron chi connectivity index (χ4n) is 4.25. The molecule has 2 aliphatic rings. The van der Waals surface area contributed by atoms with Crippen molar-refractivity contribution in [3.63, 3.8) is 0 Å². The smallest absolute Gasteiger partial charge is 0.319 e. The summed E-state index contributed by atoms with van der Waals surface area (Å²) in [5, 5.41) is 14.2. The molecule has 0 atom stereocenters. The minimum atomic E-state index is -0.366. The lowest BCUT2D eigenvalue weighted by Crippen LogP contribution is -2.39. The summed E-state index contributed by atoms with van der Waals surface area (Å²) < 4.78 is 5.56. The number of aliphatic hydroxyl groups excluding tert-OH is 1. The molecule has 0 saturated carbocycles. The van der Waals surface area contributed by atoms with Crippen molar-refractivity contribution in [2.45, 2.75) is 26.8 Å². The number of rotatable bonds is 6. The van der Waals surface area contributed by atoms with Gasteiger partial charge in [0.2, 0.25) is 5.95 Å². The van der Waals surface area contributed by atoms with Gasteiger partial charge in [-0.3, -0.25) is 0 Å². The molecule has 37 heavy (non-hydrogen) atoms. The first-order valence-corrected chi connectivity index (χ1v) is 12.7. The SMILES string of the molecule is CC.O=C(NCCO)Nc1ccc(-c2nc3c(c(N4CCOCC4)n2)CCN(c2ncccn2)C3)cc1. The van der Waals surface area contributed by atoms with Gasteiger partial charge in [0.05, 0.1) is 32.1 Å². The van der Waals surface area contributed by atoms with Crippen molar-refractivity contribution in [2.24, 2.45) is 0 Å². The molecule has 196 valence electrons. The fraction of sp³-hybridized carbons (Fsp3) is 0.423. The first-order valence-electron chi connectivity index (χ1n) is 12.7. The van der Waals surface area contributed by atoms with Crippen LogP contribution in [0.4, 0.5) is 22.2 Å². The number of ether oxygens (including phenoxy) is 1. The summed E-state index contributed by atoms with van der Waals surface area (Å²) >= 11 is 0. The van der Waals surface area contributed by atoms with Crippen molar-refractivity contribution in [1.82, 2.24) is 25.3 Å². The van der Waals surface area contributed by atoms with Gasteiger partial charge >= 0.3 is 6.03 Å². The Kier molecular flexibility index (Phi) is 9.17. The van der Waals surface area contributed by atoms with E-state index in [1.807, 2.05) is 44.2 Å². The Morgan fingerprint density at radius 1 is 1.03 bits per heavy atom. The Morgan fingerprint density at radius 3 is 2.46 bits per heavy atom. The lowest BCUT2D eigenvalue weighted by Gasteiger charge is -2.34. The van der Waals surface area contributed by atoms with Gasteiger partial charge in [-0.05, 0) is 36.8 Å². The van der Waals surface area contributed by atoms with Crippen LogP contribution in [0.2, 0.25) is 0 Å². The van der Waals surface area contributed by atoms with E-state index < -0.39 is 0 Å². The molecular weight excluding hydrogens is 472 g/mol. The highest BCUT2D eigenvalue weighted by atomic mass is 16.5. The third-order valence-corrected chi connectivity index (χ3v) is 5.99. The molecule has 0 radical (unpaired) electrons. The average Bonchev–Trinajstić information content (AvgIpc) is 2.97. The van der Waals surface area contributed by atoms with E-state index in [1.165, 1.54) is 5.56 Å². The van der Waals surface area contributed by atoms with Crippen LogP contribution in [-0.2, 0) is 17.7 Å². The number of hydrogen-bond donors (Lipinski definition) is 3. The third-order valence-electron chi connectivity index (χ3n) is 5.99. The van der Waals surface area contributed by atoms with Crippen LogP contribution in [-0.4, -0.2) is 77.1 Å². The van der Waals surface area contributed by atoms with Crippen molar-refractivity contribution in [2.75, 3.05) is 61.1 Å². The van der Waals surface area contributed by atoms with Gasteiger partial charge in [-0.2, -0.15) is 0 Å². The number of aromatic nitrogens is 4. The largest absolute Gasteiger partial charge is 0.395 e. The number of carbonyl (C=O) groups is 1. The Balaban J connectivity index is 0.00000156. The second kappa shape index (κ2) is 12.9. The van der Waals surface area contributed by atoms with Crippen LogP contribution < -0.4 is 20.4 Å². The van der Waals surface area contributed by atoms with Gasteiger partial charge in [0.25, 0.3) is 0 Å². The van der Waals surface area contributed by atoms with Gasteiger partial charge < -0.3 is 30.3 Å². The highest BCUT2D eigenvalue weighted by molar-refractivity contribution is 5.89. The summed E-state index contributed by atoms with van der Waals surface area (Å²) in [5.74, 6) is 2.30. The number of aliphatic hydroxyl groups is 1. The minimum Gasteiger partial charge on any atom is -0.395 e. The van der Waals surface area contributed by atoms with Crippen LogP contribution in [0, 0.1) is 0 Å². The van der Waals surface area contributed by atoms with Crippen LogP contribution in [0.1, 0.15) is 25.1 Å². The second-order valence-corrected chi connectivity index (χ2v) is 8.30. The molecule has 4 heterocycles. The highest BCUT2D eigenvalue weighted by Crippen LogP contribution is 2.31. The van der Waals surface area contributed by atoms with E-state index in [1.54, 1.807) is 12.4 Å². The molecular formula is C26H34N8O3. The first kappa shape index (κ1) is 26.2. The summed E-state index contributed by atoms with van der Waals surface area (Å²) in [4.78, 5) is 35.1. The first-order chi connectivity index (χ1) is 18.2. The number of amides is 2. The Bertz CT molecular complexity index is 1150. The molecule has 11 nitrogen and oxygen atoms in total. The molecule has 2 aliphatic heterocycles. The molecule has 1 saturated heterocycles.